The van der Waals surface area contributed by atoms with Gasteiger partial charge in [0.2, 0.25) is 0 Å². The van der Waals surface area contributed by atoms with Crippen LogP contribution in [0.25, 0.3) is 0 Å². The molecule has 3 rings (SSSR count). The van der Waals surface area contributed by atoms with E-state index in [0.29, 0.717) is 0 Å². The zero-order valence-electron chi connectivity index (χ0n) is 7.25. The number of allylic oxidation sites excluding steroid dienone is 2. The molecular formula is C11H15Cl. The second-order valence-electron chi connectivity index (χ2n) is 4.77. The van der Waals surface area contributed by atoms with E-state index in [4.69, 9.17) is 11.6 Å². The molecule has 2 saturated carbocycles. The molecular weight excluding hydrogens is 168 g/mol. The van der Waals surface area contributed by atoms with Crippen LogP contribution >= 0.6 is 11.6 Å². The van der Waals surface area contributed by atoms with Crippen molar-refractivity contribution in [3.8, 4) is 0 Å². The van der Waals surface area contributed by atoms with E-state index in [9.17, 15) is 0 Å². The molecule has 12 heavy (non-hydrogen) atoms. The third-order valence-corrected chi connectivity index (χ3v) is 4.67. The van der Waals surface area contributed by atoms with E-state index in [2.05, 4.69) is 12.2 Å². The molecule has 66 valence electrons. The molecule has 0 radical (unpaired) electrons. The Morgan fingerprint density at radius 2 is 1.58 bits per heavy atom. The minimum Gasteiger partial charge on any atom is -0.126 e. The highest BCUT2D eigenvalue weighted by Gasteiger charge is 2.49. The van der Waals surface area contributed by atoms with Gasteiger partial charge < -0.3 is 0 Å². The van der Waals surface area contributed by atoms with Crippen LogP contribution in [0.2, 0.25) is 0 Å². The SMILES string of the molecule is ClCC1C[C@@H]2[C@H](C1)[C@@H]1C=C[C@H]2C1. The Labute approximate surface area is 79.0 Å². The van der Waals surface area contributed by atoms with Crippen molar-refractivity contribution >= 4 is 11.6 Å². The van der Waals surface area contributed by atoms with E-state index < -0.39 is 0 Å². The van der Waals surface area contributed by atoms with Gasteiger partial charge in [0.25, 0.3) is 0 Å². The first-order valence-corrected chi connectivity index (χ1v) is 5.66. The average Bonchev–Trinajstić information content (AvgIpc) is 2.75. The number of halogens is 1. The molecule has 0 nitrogen and oxygen atoms in total. The smallest absolute Gasteiger partial charge is 0.0251 e. The standard InChI is InChI=1S/C11H15Cl/c12-6-7-3-10-8-1-2-9(5-8)11(10)4-7/h1-2,7-11H,3-6H2/t7?,8-,9+,10-,11+. The highest BCUT2D eigenvalue weighted by molar-refractivity contribution is 6.18. The van der Waals surface area contributed by atoms with E-state index in [-0.39, 0.29) is 0 Å². The Hall–Kier alpha value is 0.0300. The summed E-state index contributed by atoms with van der Waals surface area (Å²) in [6, 6.07) is 0. The Bertz CT molecular complexity index is 201. The fraction of sp³-hybridized carbons (Fsp3) is 0.818. The van der Waals surface area contributed by atoms with Gasteiger partial charge >= 0.3 is 0 Å². The second-order valence-corrected chi connectivity index (χ2v) is 5.08. The molecule has 0 saturated heterocycles. The van der Waals surface area contributed by atoms with Crippen molar-refractivity contribution in [2.24, 2.45) is 29.6 Å². The topological polar surface area (TPSA) is 0 Å². The summed E-state index contributed by atoms with van der Waals surface area (Å²) in [6.45, 7) is 0. The number of fused-ring (bicyclic) bond motifs is 5. The summed E-state index contributed by atoms with van der Waals surface area (Å²) >= 11 is 5.91. The lowest BCUT2D eigenvalue weighted by Gasteiger charge is -2.19. The van der Waals surface area contributed by atoms with Gasteiger partial charge in [-0.25, -0.2) is 0 Å². The van der Waals surface area contributed by atoms with Crippen molar-refractivity contribution in [2.45, 2.75) is 19.3 Å². The first-order chi connectivity index (χ1) is 5.88. The van der Waals surface area contributed by atoms with Crippen LogP contribution in [0.1, 0.15) is 19.3 Å². The van der Waals surface area contributed by atoms with E-state index in [0.717, 1.165) is 35.5 Å². The maximum Gasteiger partial charge on any atom is 0.0251 e. The van der Waals surface area contributed by atoms with Crippen LogP contribution in [0.15, 0.2) is 12.2 Å². The van der Waals surface area contributed by atoms with E-state index in [1.807, 2.05) is 0 Å². The second kappa shape index (κ2) is 2.51. The maximum absolute atomic E-state index is 5.91. The number of rotatable bonds is 1. The zero-order chi connectivity index (χ0) is 8.13. The predicted molar refractivity (Wildman–Crippen MR) is 51.2 cm³/mol. The Kier molecular flexibility index (Phi) is 1.55. The van der Waals surface area contributed by atoms with Gasteiger partial charge in [-0.2, -0.15) is 0 Å². The van der Waals surface area contributed by atoms with Crippen LogP contribution in [0.4, 0.5) is 0 Å². The summed E-state index contributed by atoms with van der Waals surface area (Å²) in [7, 11) is 0. The summed E-state index contributed by atoms with van der Waals surface area (Å²) in [5.74, 6) is 5.65. The first kappa shape index (κ1) is 7.44. The normalized spacial score (nSPS) is 54.9. The average molecular weight is 183 g/mol. The summed E-state index contributed by atoms with van der Waals surface area (Å²) in [5, 5.41) is 0. The van der Waals surface area contributed by atoms with Gasteiger partial charge in [0.15, 0.2) is 0 Å². The van der Waals surface area contributed by atoms with Crippen LogP contribution in [0, 0.1) is 29.6 Å². The minimum absolute atomic E-state index is 0.840. The lowest BCUT2D eigenvalue weighted by atomic mass is 9.86. The summed E-state index contributed by atoms with van der Waals surface area (Å²) < 4.78 is 0. The van der Waals surface area contributed by atoms with Crippen LogP contribution in [0.3, 0.4) is 0 Å². The van der Waals surface area contributed by atoms with Gasteiger partial charge in [-0.3, -0.25) is 0 Å². The molecule has 0 aromatic carbocycles. The molecule has 1 unspecified atom stereocenters. The van der Waals surface area contributed by atoms with Gasteiger partial charge in [-0.15, -0.1) is 11.6 Å². The number of alkyl halides is 1. The lowest BCUT2D eigenvalue weighted by molar-refractivity contribution is 0.364. The number of hydrogen-bond acceptors (Lipinski definition) is 0. The monoisotopic (exact) mass is 182 g/mol. The fourth-order valence-electron chi connectivity index (χ4n) is 3.72. The van der Waals surface area contributed by atoms with Crippen molar-refractivity contribution in [2.75, 3.05) is 5.88 Å². The zero-order valence-corrected chi connectivity index (χ0v) is 8.00. The van der Waals surface area contributed by atoms with Crippen molar-refractivity contribution in [1.82, 2.24) is 0 Å². The highest BCUT2D eigenvalue weighted by atomic mass is 35.5. The Morgan fingerprint density at radius 3 is 2.08 bits per heavy atom. The maximum atomic E-state index is 5.91. The van der Waals surface area contributed by atoms with E-state index in [1.165, 1.54) is 19.3 Å². The Balaban J connectivity index is 1.82. The van der Waals surface area contributed by atoms with Gasteiger partial charge in [0, 0.05) is 5.88 Å². The summed E-state index contributed by atoms with van der Waals surface area (Å²) in [4.78, 5) is 0. The third-order valence-electron chi connectivity index (χ3n) is 4.23. The molecule has 2 fully saturated rings. The molecule has 2 bridgehead atoms. The Morgan fingerprint density at radius 1 is 1.00 bits per heavy atom. The van der Waals surface area contributed by atoms with Gasteiger partial charge in [0.05, 0.1) is 0 Å². The molecule has 0 amide bonds. The van der Waals surface area contributed by atoms with Gasteiger partial charge in [-0.1, -0.05) is 12.2 Å². The largest absolute Gasteiger partial charge is 0.126 e. The van der Waals surface area contributed by atoms with Crippen molar-refractivity contribution < 1.29 is 0 Å². The van der Waals surface area contributed by atoms with Crippen molar-refractivity contribution in [3.63, 3.8) is 0 Å². The molecule has 3 aliphatic carbocycles. The highest BCUT2D eigenvalue weighted by Crippen LogP contribution is 2.57. The molecule has 1 heteroatoms. The predicted octanol–water partition coefficient (Wildman–Crippen LogP) is 3.07. The molecule has 0 spiro atoms. The first-order valence-electron chi connectivity index (χ1n) is 5.12. The third kappa shape index (κ3) is 0.849. The van der Waals surface area contributed by atoms with Crippen molar-refractivity contribution in [3.05, 3.63) is 12.2 Å². The van der Waals surface area contributed by atoms with Gasteiger partial charge in [-0.05, 0) is 48.9 Å². The van der Waals surface area contributed by atoms with Crippen LogP contribution in [0.5, 0.6) is 0 Å². The molecule has 0 heterocycles. The van der Waals surface area contributed by atoms with E-state index in [1.54, 1.807) is 0 Å². The van der Waals surface area contributed by atoms with Gasteiger partial charge in [0.1, 0.15) is 0 Å². The van der Waals surface area contributed by atoms with Crippen molar-refractivity contribution in [1.29, 1.82) is 0 Å². The van der Waals surface area contributed by atoms with Crippen LogP contribution < -0.4 is 0 Å². The fourth-order valence-corrected chi connectivity index (χ4v) is 3.97. The summed E-state index contributed by atoms with van der Waals surface area (Å²) in [5.41, 5.74) is 0. The molecule has 0 aromatic heterocycles. The van der Waals surface area contributed by atoms with Crippen LogP contribution in [-0.2, 0) is 0 Å². The summed E-state index contributed by atoms with van der Waals surface area (Å²) in [6.07, 6.45) is 9.22. The molecule has 5 atom stereocenters. The molecule has 3 aliphatic rings. The lowest BCUT2D eigenvalue weighted by Crippen LogP contribution is -2.12. The number of hydrogen-bond donors (Lipinski definition) is 0. The molecule has 0 aromatic rings. The minimum atomic E-state index is 0.840. The van der Waals surface area contributed by atoms with Crippen LogP contribution in [-0.4, -0.2) is 5.88 Å². The quantitative estimate of drug-likeness (QED) is 0.432. The molecule has 0 aliphatic heterocycles. The van der Waals surface area contributed by atoms with E-state index >= 15 is 0 Å². The molecule has 0 N–H and O–H groups in total.